The fourth-order valence-corrected chi connectivity index (χ4v) is 7.03. The van der Waals surface area contributed by atoms with Crippen LogP contribution in [0, 0.1) is 11.7 Å². The predicted molar refractivity (Wildman–Crippen MR) is 163 cm³/mol. The van der Waals surface area contributed by atoms with Gasteiger partial charge in [-0.25, -0.2) is 9.18 Å². The van der Waals surface area contributed by atoms with Crippen molar-refractivity contribution in [3.63, 3.8) is 0 Å². The monoisotopic (exact) mass is 635 g/mol. The Bertz CT molecular complexity index is 1570. The van der Waals surface area contributed by atoms with E-state index >= 15 is 4.39 Å². The minimum Gasteiger partial charge on any atom is -0.476 e. The topological polar surface area (TPSA) is 156 Å². The lowest BCUT2D eigenvalue weighted by Gasteiger charge is -2.41. The van der Waals surface area contributed by atoms with E-state index in [0.717, 1.165) is 68.8 Å². The number of carboxylic acid groups (broad SMARTS) is 1. The lowest BCUT2D eigenvalue weighted by Crippen LogP contribution is -2.54. The van der Waals surface area contributed by atoms with E-state index in [2.05, 4.69) is 39.2 Å². The predicted octanol–water partition coefficient (Wildman–Crippen LogP) is 1.53. The summed E-state index contributed by atoms with van der Waals surface area (Å²) in [5, 5.41) is 19.3. The molecule has 13 nitrogen and oxygen atoms in total. The van der Waals surface area contributed by atoms with Gasteiger partial charge in [-0.1, -0.05) is 13.8 Å². The molecule has 4 amide bonds. The summed E-state index contributed by atoms with van der Waals surface area (Å²) in [7, 11) is 0. The first kappa shape index (κ1) is 31.7. The van der Waals surface area contributed by atoms with Crippen LogP contribution in [0.25, 0.3) is 0 Å². The van der Waals surface area contributed by atoms with Crippen LogP contribution in [0.4, 0.5) is 10.1 Å². The van der Waals surface area contributed by atoms with E-state index in [1.807, 2.05) is 4.90 Å². The molecule has 2 N–H and O–H groups in total. The van der Waals surface area contributed by atoms with Crippen LogP contribution >= 0.6 is 0 Å². The zero-order valence-electron chi connectivity index (χ0n) is 26.0. The highest BCUT2D eigenvalue weighted by Gasteiger charge is 2.45. The van der Waals surface area contributed by atoms with Crippen LogP contribution in [0.15, 0.2) is 24.3 Å². The zero-order valence-corrected chi connectivity index (χ0v) is 26.0. The van der Waals surface area contributed by atoms with Crippen LogP contribution in [-0.2, 0) is 15.0 Å². The minimum absolute atomic E-state index is 0.0209. The number of imide groups is 2. The Morgan fingerprint density at radius 2 is 1.61 bits per heavy atom. The van der Waals surface area contributed by atoms with Gasteiger partial charge >= 0.3 is 5.97 Å². The molecule has 1 aromatic heterocycles. The highest BCUT2D eigenvalue weighted by Crippen LogP contribution is 2.33. The van der Waals surface area contributed by atoms with Gasteiger partial charge in [0.2, 0.25) is 11.8 Å². The van der Waals surface area contributed by atoms with Crippen molar-refractivity contribution in [3.8, 4) is 0 Å². The number of amides is 4. The number of hydrogen-bond acceptors (Lipinski definition) is 10. The minimum atomic E-state index is -1.09. The first-order valence-electron chi connectivity index (χ1n) is 15.7. The van der Waals surface area contributed by atoms with Crippen LogP contribution in [0.2, 0.25) is 0 Å². The van der Waals surface area contributed by atoms with E-state index < -0.39 is 41.5 Å². The second-order valence-electron chi connectivity index (χ2n) is 13.3. The van der Waals surface area contributed by atoms with E-state index in [-0.39, 0.29) is 40.8 Å². The van der Waals surface area contributed by atoms with Crippen molar-refractivity contribution in [2.75, 3.05) is 57.3 Å². The Hall–Kier alpha value is -4.30. The number of carbonyl (C=O) groups excluding carboxylic acids is 4. The van der Waals surface area contributed by atoms with Gasteiger partial charge in [0.25, 0.3) is 11.8 Å². The normalized spacial score (nSPS) is 21.9. The molecule has 0 aliphatic carbocycles. The molecule has 1 atom stereocenters. The number of nitrogens with zero attached hydrogens (tertiary/aromatic N) is 6. The molecule has 0 saturated carbocycles. The Labute approximate surface area is 265 Å². The molecule has 244 valence electrons. The molecule has 0 radical (unpaired) electrons. The number of fused-ring (bicyclic) bond motifs is 1. The van der Waals surface area contributed by atoms with Crippen molar-refractivity contribution in [3.05, 3.63) is 52.6 Å². The summed E-state index contributed by atoms with van der Waals surface area (Å²) in [4.78, 5) is 68.8. The van der Waals surface area contributed by atoms with Crippen molar-refractivity contribution in [2.24, 2.45) is 5.92 Å². The molecule has 5 heterocycles. The van der Waals surface area contributed by atoms with Crippen molar-refractivity contribution in [1.29, 1.82) is 0 Å². The molecule has 14 heteroatoms. The first-order chi connectivity index (χ1) is 21.9. The summed E-state index contributed by atoms with van der Waals surface area (Å²) in [6.07, 6.45) is 2.18. The summed E-state index contributed by atoms with van der Waals surface area (Å²) in [6.45, 7) is 10.5. The fraction of sp³-hybridized carbons (Fsp3) is 0.531. The van der Waals surface area contributed by atoms with Gasteiger partial charge in [-0.3, -0.25) is 34.3 Å². The van der Waals surface area contributed by atoms with Crippen LogP contribution in [-0.4, -0.2) is 118 Å². The fourth-order valence-electron chi connectivity index (χ4n) is 7.03. The maximum absolute atomic E-state index is 15.3. The maximum Gasteiger partial charge on any atom is 0.356 e. The zero-order chi connectivity index (χ0) is 32.7. The van der Waals surface area contributed by atoms with E-state index in [9.17, 15) is 24.0 Å². The summed E-state index contributed by atoms with van der Waals surface area (Å²) in [6, 6.07) is 4.66. The van der Waals surface area contributed by atoms with Gasteiger partial charge < -0.3 is 14.9 Å². The van der Waals surface area contributed by atoms with Gasteiger partial charge in [-0.05, 0) is 62.5 Å². The number of aromatic nitrogens is 2. The van der Waals surface area contributed by atoms with Gasteiger partial charge in [0.15, 0.2) is 5.69 Å². The Morgan fingerprint density at radius 1 is 0.935 bits per heavy atom. The second-order valence-corrected chi connectivity index (χ2v) is 13.3. The molecule has 4 aliphatic rings. The number of halogens is 1. The van der Waals surface area contributed by atoms with Gasteiger partial charge in [-0.15, -0.1) is 5.10 Å². The van der Waals surface area contributed by atoms with Crippen LogP contribution in [0.3, 0.4) is 0 Å². The molecule has 3 fully saturated rings. The number of carbonyl (C=O) groups is 5. The van der Waals surface area contributed by atoms with Gasteiger partial charge in [-0.2, -0.15) is 5.10 Å². The molecular formula is C32H38FN7O6. The third kappa shape index (κ3) is 6.23. The van der Waals surface area contributed by atoms with E-state index in [1.165, 1.54) is 12.1 Å². The quantitative estimate of drug-likeness (QED) is 0.406. The lowest BCUT2D eigenvalue weighted by molar-refractivity contribution is -0.136. The molecule has 0 unspecified atom stereocenters. The average Bonchev–Trinajstić information content (AvgIpc) is 3.26. The maximum atomic E-state index is 15.3. The third-order valence-corrected chi connectivity index (χ3v) is 9.64. The highest BCUT2D eigenvalue weighted by molar-refractivity contribution is 6.23. The number of likely N-dealkylation sites (tertiary alicyclic amines) is 1. The summed E-state index contributed by atoms with van der Waals surface area (Å²) >= 11 is 0. The van der Waals surface area contributed by atoms with Crippen LogP contribution < -0.4 is 10.2 Å². The van der Waals surface area contributed by atoms with Crippen molar-refractivity contribution in [1.82, 2.24) is 30.2 Å². The SMILES string of the molecule is CC(C)(CN1CCC(CN2CCN(c3cc4c(cc3F)C(=O)N([C@@H]3CCC(=O)NC3=O)C4=O)CC2)CC1)c1ccc(C(=O)O)nn1. The summed E-state index contributed by atoms with van der Waals surface area (Å²) in [5.74, 6) is -3.65. The van der Waals surface area contributed by atoms with E-state index in [4.69, 9.17) is 5.11 Å². The molecule has 0 bridgehead atoms. The number of benzene rings is 1. The standard InChI is InChI=1S/C32H38FN7O6/c1-32(2,26-5-3-23(31(45)46)35-36-26)18-38-9-7-19(8-10-38)17-37-11-13-39(14-12-37)25-16-21-20(15-22(25)33)29(43)40(30(21)44)24-4-6-27(41)34-28(24)42/h3,5,15-16,19,24H,4,6-14,17-18H2,1-2H3,(H,45,46)(H,34,41,42)/t24-/m1/s1. The number of piperazine rings is 1. The molecule has 4 aliphatic heterocycles. The van der Waals surface area contributed by atoms with Crippen molar-refractivity contribution < 1.29 is 33.5 Å². The Morgan fingerprint density at radius 3 is 2.22 bits per heavy atom. The van der Waals surface area contributed by atoms with E-state index in [1.54, 1.807) is 6.07 Å². The van der Waals surface area contributed by atoms with E-state index in [0.29, 0.717) is 19.0 Å². The largest absolute Gasteiger partial charge is 0.476 e. The van der Waals surface area contributed by atoms with Crippen LogP contribution in [0.1, 0.15) is 76.4 Å². The number of rotatable bonds is 8. The molecular weight excluding hydrogens is 597 g/mol. The van der Waals surface area contributed by atoms with Crippen molar-refractivity contribution in [2.45, 2.75) is 51.0 Å². The van der Waals surface area contributed by atoms with Crippen molar-refractivity contribution >= 4 is 35.3 Å². The number of carboxylic acids is 1. The highest BCUT2D eigenvalue weighted by atomic mass is 19.1. The first-order valence-corrected chi connectivity index (χ1v) is 15.7. The second kappa shape index (κ2) is 12.5. The van der Waals surface area contributed by atoms with Gasteiger partial charge in [0, 0.05) is 51.1 Å². The number of anilines is 1. The number of aromatic carboxylic acids is 1. The number of nitrogens with one attached hydrogen (secondary N) is 1. The van der Waals surface area contributed by atoms with Gasteiger partial charge in [0.05, 0.1) is 22.5 Å². The smallest absolute Gasteiger partial charge is 0.356 e. The Balaban J connectivity index is 1.00. The molecule has 6 rings (SSSR count). The number of piperidine rings is 2. The summed E-state index contributed by atoms with van der Waals surface area (Å²) < 4.78 is 15.3. The van der Waals surface area contributed by atoms with Gasteiger partial charge in [0.1, 0.15) is 11.9 Å². The number of hydrogen-bond donors (Lipinski definition) is 2. The molecule has 1 aromatic carbocycles. The molecule has 2 aromatic rings. The molecule has 46 heavy (non-hydrogen) atoms. The Kier molecular flexibility index (Phi) is 8.59. The summed E-state index contributed by atoms with van der Waals surface area (Å²) in [5.41, 5.74) is 0.703. The van der Waals surface area contributed by atoms with Crippen LogP contribution in [0.5, 0.6) is 0 Å². The lowest BCUT2D eigenvalue weighted by atomic mass is 9.86. The third-order valence-electron chi connectivity index (χ3n) is 9.64. The molecule has 3 saturated heterocycles. The average molecular weight is 636 g/mol. The molecule has 0 spiro atoms.